The third-order valence-corrected chi connectivity index (χ3v) is 3.75. The summed E-state index contributed by atoms with van der Waals surface area (Å²) in [7, 11) is 1.80. The molecular weight excluding hydrogens is 359 g/mol. The van der Waals surface area contributed by atoms with Gasteiger partial charge in [-0.3, -0.25) is 9.78 Å². The Labute approximate surface area is 152 Å². The molecule has 2 heterocycles. The van der Waals surface area contributed by atoms with Gasteiger partial charge in [0.05, 0.1) is 23.6 Å². The van der Waals surface area contributed by atoms with Crippen molar-refractivity contribution >= 4 is 23.0 Å². The smallest absolute Gasteiger partial charge is 0.342 e. The van der Waals surface area contributed by atoms with E-state index < -0.39 is 17.6 Å². The molecule has 138 valence electrons. The minimum Gasteiger partial charge on any atom is -0.342 e. The first-order valence-corrected chi connectivity index (χ1v) is 7.78. The van der Waals surface area contributed by atoms with E-state index in [1.165, 1.54) is 6.33 Å². The van der Waals surface area contributed by atoms with Crippen LogP contribution < -0.4 is 10.2 Å². The second kappa shape index (κ2) is 7.40. The number of amides is 1. The van der Waals surface area contributed by atoms with Crippen molar-refractivity contribution in [3.63, 3.8) is 0 Å². The molecular formula is C18H14F3N5O. The second-order valence-electron chi connectivity index (χ2n) is 5.59. The van der Waals surface area contributed by atoms with Crippen LogP contribution in [-0.2, 0) is 6.18 Å². The molecule has 3 aromatic rings. The van der Waals surface area contributed by atoms with Gasteiger partial charge in [0.25, 0.3) is 5.91 Å². The summed E-state index contributed by atoms with van der Waals surface area (Å²) in [6.07, 6.45) is 1.08. The molecule has 0 aliphatic rings. The van der Waals surface area contributed by atoms with Gasteiger partial charge in [0.1, 0.15) is 12.0 Å². The van der Waals surface area contributed by atoms with Gasteiger partial charge in [-0.2, -0.15) is 13.2 Å². The van der Waals surface area contributed by atoms with Crippen molar-refractivity contribution in [3.05, 3.63) is 72.6 Å². The highest BCUT2D eigenvalue weighted by atomic mass is 19.4. The molecule has 0 saturated heterocycles. The summed E-state index contributed by atoms with van der Waals surface area (Å²) in [4.78, 5) is 25.7. The molecule has 0 unspecified atom stereocenters. The lowest BCUT2D eigenvalue weighted by molar-refractivity contribution is -0.137. The molecule has 0 bridgehead atoms. The number of anilines is 3. The fourth-order valence-corrected chi connectivity index (χ4v) is 2.33. The Morgan fingerprint density at radius 1 is 1.07 bits per heavy atom. The number of nitrogens with zero attached hydrogens (tertiary/aromatic N) is 4. The molecule has 6 nitrogen and oxygen atoms in total. The quantitative estimate of drug-likeness (QED) is 0.751. The minimum absolute atomic E-state index is 0.319. The normalized spacial score (nSPS) is 11.1. The Balaban J connectivity index is 1.79. The topological polar surface area (TPSA) is 71.0 Å². The molecule has 0 saturated carbocycles. The van der Waals surface area contributed by atoms with E-state index >= 15 is 0 Å². The highest BCUT2D eigenvalue weighted by molar-refractivity contribution is 6.03. The lowest BCUT2D eigenvalue weighted by Crippen LogP contribution is -2.16. The summed E-state index contributed by atoms with van der Waals surface area (Å²) in [6.45, 7) is 0. The van der Waals surface area contributed by atoms with Gasteiger partial charge in [0, 0.05) is 24.6 Å². The molecule has 1 aromatic carbocycles. The van der Waals surface area contributed by atoms with E-state index in [-0.39, 0.29) is 5.69 Å². The number of rotatable bonds is 4. The van der Waals surface area contributed by atoms with Crippen molar-refractivity contribution in [3.8, 4) is 0 Å². The zero-order chi connectivity index (χ0) is 19.4. The van der Waals surface area contributed by atoms with Crippen LogP contribution in [-0.4, -0.2) is 27.9 Å². The molecule has 1 N–H and O–H groups in total. The van der Waals surface area contributed by atoms with Crippen LogP contribution in [0.2, 0.25) is 0 Å². The first kappa shape index (κ1) is 18.3. The summed E-state index contributed by atoms with van der Waals surface area (Å²) >= 11 is 0. The van der Waals surface area contributed by atoms with Gasteiger partial charge >= 0.3 is 6.18 Å². The minimum atomic E-state index is -4.54. The number of halogens is 3. The van der Waals surface area contributed by atoms with E-state index in [1.54, 1.807) is 42.5 Å². The molecule has 1 amide bonds. The third kappa shape index (κ3) is 4.38. The van der Waals surface area contributed by atoms with E-state index in [4.69, 9.17) is 0 Å². The number of aromatic nitrogens is 3. The van der Waals surface area contributed by atoms with Gasteiger partial charge in [0.2, 0.25) is 0 Å². The number of benzene rings is 1. The van der Waals surface area contributed by atoms with Gasteiger partial charge in [-0.05, 0) is 30.3 Å². The number of hydrogen-bond donors (Lipinski definition) is 1. The Kier molecular flexibility index (Phi) is 5.02. The van der Waals surface area contributed by atoms with Crippen molar-refractivity contribution in [2.45, 2.75) is 6.18 Å². The standard InChI is InChI=1S/C18H14F3N5O/c1-26(15-9-22-11-23-10-15)14-4-2-3-13(8-14)25-17(27)16-7-12(5-6-24-16)18(19,20)21/h2-11H,1H3,(H,25,27). The molecule has 0 atom stereocenters. The van der Waals surface area contributed by atoms with Crippen LogP contribution in [0.4, 0.5) is 30.2 Å². The molecule has 3 rings (SSSR count). The molecule has 2 aromatic heterocycles. The molecule has 9 heteroatoms. The van der Waals surface area contributed by atoms with Crippen LogP contribution in [0, 0.1) is 0 Å². The zero-order valence-corrected chi connectivity index (χ0v) is 14.1. The Morgan fingerprint density at radius 2 is 1.81 bits per heavy atom. The first-order chi connectivity index (χ1) is 12.8. The maximum atomic E-state index is 12.8. The Morgan fingerprint density at radius 3 is 2.52 bits per heavy atom. The van der Waals surface area contributed by atoms with E-state index in [0.717, 1.165) is 23.6 Å². The van der Waals surface area contributed by atoms with E-state index in [2.05, 4.69) is 20.3 Å². The SMILES string of the molecule is CN(c1cncnc1)c1cccc(NC(=O)c2cc(C(F)(F)F)ccn2)c1. The van der Waals surface area contributed by atoms with Gasteiger partial charge in [-0.25, -0.2) is 9.97 Å². The van der Waals surface area contributed by atoms with Crippen molar-refractivity contribution in [2.24, 2.45) is 0 Å². The molecule has 0 radical (unpaired) electrons. The van der Waals surface area contributed by atoms with Gasteiger partial charge < -0.3 is 10.2 Å². The molecule has 0 fully saturated rings. The largest absolute Gasteiger partial charge is 0.416 e. The highest BCUT2D eigenvalue weighted by Crippen LogP contribution is 2.29. The van der Waals surface area contributed by atoms with Crippen molar-refractivity contribution in [1.82, 2.24) is 15.0 Å². The number of nitrogens with one attached hydrogen (secondary N) is 1. The van der Waals surface area contributed by atoms with E-state index in [1.807, 2.05) is 6.07 Å². The third-order valence-electron chi connectivity index (χ3n) is 3.75. The second-order valence-corrected chi connectivity index (χ2v) is 5.59. The van der Waals surface area contributed by atoms with Crippen LogP contribution in [0.1, 0.15) is 16.1 Å². The highest BCUT2D eigenvalue weighted by Gasteiger charge is 2.31. The van der Waals surface area contributed by atoms with Gasteiger partial charge in [-0.1, -0.05) is 6.07 Å². The van der Waals surface area contributed by atoms with Crippen molar-refractivity contribution in [1.29, 1.82) is 0 Å². The van der Waals surface area contributed by atoms with E-state index in [9.17, 15) is 18.0 Å². The molecule has 0 aliphatic heterocycles. The average Bonchev–Trinajstić information content (AvgIpc) is 2.68. The maximum absolute atomic E-state index is 12.8. The fourth-order valence-electron chi connectivity index (χ4n) is 2.33. The Hall–Kier alpha value is -3.49. The number of carbonyl (C=O) groups excluding carboxylic acids is 1. The number of alkyl halides is 3. The number of carbonyl (C=O) groups is 1. The summed E-state index contributed by atoms with van der Waals surface area (Å²) < 4.78 is 38.4. The van der Waals surface area contributed by atoms with Crippen molar-refractivity contribution in [2.75, 3.05) is 17.3 Å². The Bertz CT molecular complexity index is 947. The van der Waals surface area contributed by atoms with Crippen LogP contribution >= 0.6 is 0 Å². The molecule has 0 spiro atoms. The number of pyridine rings is 1. The van der Waals surface area contributed by atoms with Crippen LogP contribution in [0.5, 0.6) is 0 Å². The van der Waals surface area contributed by atoms with Crippen LogP contribution in [0.3, 0.4) is 0 Å². The van der Waals surface area contributed by atoms with Gasteiger partial charge in [0.15, 0.2) is 0 Å². The summed E-state index contributed by atoms with van der Waals surface area (Å²) in [5, 5.41) is 2.56. The monoisotopic (exact) mass is 373 g/mol. The van der Waals surface area contributed by atoms with E-state index in [0.29, 0.717) is 11.8 Å². The maximum Gasteiger partial charge on any atom is 0.416 e. The number of hydrogen-bond acceptors (Lipinski definition) is 5. The zero-order valence-electron chi connectivity index (χ0n) is 14.1. The van der Waals surface area contributed by atoms with Crippen LogP contribution in [0.25, 0.3) is 0 Å². The van der Waals surface area contributed by atoms with Gasteiger partial charge in [-0.15, -0.1) is 0 Å². The summed E-state index contributed by atoms with van der Waals surface area (Å²) in [6, 6.07) is 8.36. The lowest BCUT2D eigenvalue weighted by Gasteiger charge is -2.19. The first-order valence-electron chi connectivity index (χ1n) is 7.78. The predicted octanol–water partition coefficient (Wildman–Crippen LogP) is 3.91. The molecule has 0 aliphatic carbocycles. The fraction of sp³-hybridized carbons (Fsp3) is 0.111. The lowest BCUT2D eigenvalue weighted by atomic mass is 10.2. The molecule has 27 heavy (non-hydrogen) atoms. The average molecular weight is 373 g/mol. The summed E-state index contributed by atoms with van der Waals surface area (Å²) in [5.74, 6) is -0.732. The predicted molar refractivity (Wildman–Crippen MR) is 93.7 cm³/mol. The van der Waals surface area contributed by atoms with Crippen LogP contribution in [0.15, 0.2) is 61.3 Å². The van der Waals surface area contributed by atoms with Crippen molar-refractivity contribution < 1.29 is 18.0 Å². The summed E-state index contributed by atoms with van der Waals surface area (Å²) in [5.41, 5.74) is 0.640.